The molecule has 30 heavy (non-hydrogen) atoms. The molecule has 0 amide bonds. The molecule has 0 radical (unpaired) electrons. The standard InChI is InChI=1S/C25H37NO3S/c1-16(2)21-14-22(17(3)4)25(23(15-21)18(5)6)30(28,29)26(8)19(7)24(27)20-12-10-9-11-13-20/h9-19,24,27H,1-8H3/t19-,24-/m0/s1. The predicted molar refractivity (Wildman–Crippen MR) is 125 cm³/mol. The first-order valence-electron chi connectivity index (χ1n) is 10.8. The number of likely N-dealkylation sites (N-methyl/N-ethyl adjacent to an activating group) is 1. The van der Waals surface area contributed by atoms with Crippen LogP contribution in [-0.2, 0) is 10.0 Å². The Morgan fingerprint density at radius 1 is 0.767 bits per heavy atom. The van der Waals surface area contributed by atoms with E-state index < -0.39 is 22.2 Å². The number of rotatable bonds is 8. The van der Waals surface area contributed by atoms with Gasteiger partial charge in [-0.3, -0.25) is 0 Å². The van der Waals surface area contributed by atoms with Gasteiger partial charge in [0.2, 0.25) is 10.0 Å². The highest BCUT2D eigenvalue weighted by atomic mass is 32.2. The Kier molecular flexibility index (Phi) is 7.89. The molecule has 166 valence electrons. The highest BCUT2D eigenvalue weighted by molar-refractivity contribution is 7.89. The Labute approximate surface area is 183 Å². The summed E-state index contributed by atoms with van der Waals surface area (Å²) in [6, 6.07) is 12.7. The first-order valence-corrected chi connectivity index (χ1v) is 12.2. The van der Waals surface area contributed by atoms with E-state index in [0.717, 1.165) is 16.7 Å². The lowest BCUT2D eigenvalue weighted by Gasteiger charge is -2.31. The van der Waals surface area contributed by atoms with Crippen LogP contribution < -0.4 is 0 Å². The van der Waals surface area contributed by atoms with Gasteiger partial charge in [0.05, 0.1) is 17.0 Å². The molecular weight excluding hydrogens is 394 g/mol. The Balaban J connectivity index is 2.62. The molecule has 0 saturated heterocycles. The molecule has 1 N–H and O–H groups in total. The second-order valence-electron chi connectivity index (χ2n) is 9.11. The van der Waals surface area contributed by atoms with Crippen LogP contribution in [0.15, 0.2) is 47.4 Å². The maximum atomic E-state index is 13.9. The second kappa shape index (κ2) is 9.63. The van der Waals surface area contributed by atoms with E-state index in [1.165, 1.54) is 4.31 Å². The van der Waals surface area contributed by atoms with Gasteiger partial charge < -0.3 is 5.11 Å². The SMILES string of the molecule is CC(C)c1cc(C(C)C)c(S(=O)(=O)N(C)[C@@H](C)[C@H](O)c2ccccc2)c(C(C)C)c1. The third kappa shape index (κ3) is 4.96. The van der Waals surface area contributed by atoms with Crippen LogP contribution in [0.25, 0.3) is 0 Å². The van der Waals surface area contributed by atoms with Gasteiger partial charge >= 0.3 is 0 Å². The van der Waals surface area contributed by atoms with Gasteiger partial charge in [-0.15, -0.1) is 0 Å². The van der Waals surface area contributed by atoms with E-state index in [9.17, 15) is 13.5 Å². The minimum Gasteiger partial charge on any atom is -0.387 e. The van der Waals surface area contributed by atoms with Crippen molar-refractivity contribution in [2.24, 2.45) is 0 Å². The van der Waals surface area contributed by atoms with Crippen molar-refractivity contribution in [2.45, 2.75) is 83.3 Å². The fourth-order valence-corrected chi connectivity index (χ4v) is 5.70. The smallest absolute Gasteiger partial charge is 0.243 e. The lowest BCUT2D eigenvalue weighted by Crippen LogP contribution is -2.40. The number of aliphatic hydroxyl groups excluding tert-OH is 1. The third-order valence-corrected chi connectivity index (χ3v) is 7.97. The summed E-state index contributed by atoms with van der Waals surface area (Å²) in [5, 5.41) is 10.8. The van der Waals surface area contributed by atoms with Crippen LogP contribution in [0.4, 0.5) is 0 Å². The van der Waals surface area contributed by atoms with E-state index in [-0.39, 0.29) is 11.8 Å². The van der Waals surface area contributed by atoms with Crippen molar-refractivity contribution in [3.63, 3.8) is 0 Å². The molecule has 4 nitrogen and oxygen atoms in total. The average Bonchev–Trinajstić information content (AvgIpc) is 2.71. The molecule has 2 aromatic carbocycles. The summed E-state index contributed by atoms with van der Waals surface area (Å²) < 4.78 is 29.0. The number of hydrogen-bond donors (Lipinski definition) is 1. The number of nitrogens with zero attached hydrogens (tertiary/aromatic N) is 1. The topological polar surface area (TPSA) is 57.6 Å². The predicted octanol–water partition coefficient (Wildman–Crippen LogP) is 5.80. The van der Waals surface area contributed by atoms with Crippen molar-refractivity contribution < 1.29 is 13.5 Å². The van der Waals surface area contributed by atoms with Gasteiger partial charge in [-0.25, -0.2) is 8.42 Å². The summed E-state index contributed by atoms with van der Waals surface area (Å²) in [6.07, 6.45) is -0.911. The molecule has 2 rings (SSSR count). The van der Waals surface area contributed by atoms with Crippen LogP contribution in [0.3, 0.4) is 0 Å². The van der Waals surface area contributed by atoms with Crippen molar-refractivity contribution in [3.8, 4) is 0 Å². The molecule has 0 spiro atoms. The Hall–Kier alpha value is -1.69. The zero-order chi connectivity index (χ0) is 22.8. The van der Waals surface area contributed by atoms with Crippen LogP contribution in [0.5, 0.6) is 0 Å². The van der Waals surface area contributed by atoms with E-state index in [1.54, 1.807) is 14.0 Å². The molecule has 0 aliphatic heterocycles. The summed E-state index contributed by atoms with van der Waals surface area (Å²) in [5.41, 5.74) is 3.55. The second-order valence-corrected chi connectivity index (χ2v) is 11.0. The van der Waals surface area contributed by atoms with Crippen LogP contribution in [0.1, 0.15) is 94.6 Å². The first-order chi connectivity index (χ1) is 13.9. The quantitative estimate of drug-likeness (QED) is 0.575. The average molecular weight is 432 g/mol. The number of benzene rings is 2. The highest BCUT2D eigenvalue weighted by Crippen LogP contribution is 2.37. The van der Waals surface area contributed by atoms with E-state index in [1.807, 2.05) is 70.2 Å². The molecule has 2 atom stereocenters. The largest absolute Gasteiger partial charge is 0.387 e. The monoisotopic (exact) mass is 431 g/mol. The Bertz CT molecular complexity index is 921. The third-order valence-electron chi connectivity index (χ3n) is 5.89. The van der Waals surface area contributed by atoms with Gasteiger partial charge in [-0.1, -0.05) is 84.0 Å². The zero-order valence-electron chi connectivity index (χ0n) is 19.5. The van der Waals surface area contributed by atoms with Gasteiger partial charge in [0.15, 0.2) is 0 Å². The van der Waals surface area contributed by atoms with Crippen molar-refractivity contribution >= 4 is 10.0 Å². The molecule has 0 fully saturated rings. The summed E-state index contributed by atoms with van der Waals surface area (Å²) in [5.74, 6) is 0.441. The van der Waals surface area contributed by atoms with Gasteiger partial charge in [-0.2, -0.15) is 4.31 Å². The Morgan fingerprint density at radius 3 is 1.63 bits per heavy atom. The maximum absolute atomic E-state index is 13.9. The lowest BCUT2D eigenvalue weighted by atomic mass is 9.89. The molecule has 0 heterocycles. The molecule has 0 bridgehead atoms. The first kappa shape index (κ1) is 24.6. The van der Waals surface area contributed by atoms with E-state index in [2.05, 4.69) is 13.8 Å². The summed E-state index contributed by atoms with van der Waals surface area (Å²) in [6.45, 7) is 14.1. The fourth-order valence-electron chi connectivity index (χ4n) is 3.68. The molecule has 0 aliphatic rings. The molecule has 2 aromatic rings. The zero-order valence-corrected chi connectivity index (χ0v) is 20.4. The van der Waals surface area contributed by atoms with Crippen molar-refractivity contribution in [1.82, 2.24) is 4.31 Å². The maximum Gasteiger partial charge on any atom is 0.243 e. The summed E-state index contributed by atoms with van der Waals surface area (Å²) in [7, 11) is -2.25. The molecular formula is C25H37NO3S. The molecule has 0 aliphatic carbocycles. The van der Waals surface area contributed by atoms with Crippen LogP contribution in [0.2, 0.25) is 0 Å². The summed E-state index contributed by atoms with van der Waals surface area (Å²) in [4.78, 5) is 0.395. The van der Waals surface area contributed by atoms with E-state index >= 15 is 0 Å². The molecule has 5 heteroatoms. The van der Waals surface area contributed by atoms with Gasteiger partial charge in [0.25, 0.3) is 0 Å². The van der Waals surface area contributed by atoms with Gasteiger partial charge in [0, 0.05) is 7.05 Å². The molecule has 0 aromatic heterocycles. The van der Waals surface area contributed by atoms with Crippen molar-refractivity contribution in [3.05, 3.63) is 64.7 Å². The fraction of sp³-hybridized carbons (Fsp3) is 0.520. The Morgan fingerprint density at radius 2 is 1.23 bits per heavy atom. The minimum atomic E-state index is -3.81. The molecule has 0 saturated carbocycles. The molecule has 0 unspecified atom stereocenters. The number of sulfonamides is 1. The van der Waals surface area contributed by atoms with E-state index in [4.69, 9.17) is 0 Å². The lowest BCUT2D eigenvalue weighted by molar-refractivity contribution is 0.108. The minimum absolute atomic E-state index is 0.0636. The van der Waals surface area contributed by atoms with Crippen molar-refractivity contribution in [2.75, 3.05) is 7.05 Å². The summed E-state index contributed by atoms with van der Waals surface area (Å²) >= 11 is 0. The van der Waals surface area contributed by atoms with Crippen LogP contribution in [0, 0.1) is 0 Å². The van der Waals surface area contributed by atoms with Gasteiger partial charge in [-0.05, 0) is 46.9 Å². The normalized spacial score (nSPS) is 14.7. The van der Waals surface area contributed by atoms with Crippen LogP contribution >= 0.6 is 0 Å². The van der Waals surface area contributed by atoms with Crippen molar-refractivity contribution in [1.29, 1.82) is 0 Å². The van der Waals surface area contributed by atoms with E-state index in [0.29, 0.717) is 16.4 Å². The van der Waals surface area contributed by atoms with Gasteiger partial charge in [0.1, 0.15) is 0 Å². The number of hydrogen-bond acceptors (Lipinski definition) is 3. The van der Waals surface area contributed by atoms with Crippen LogP contribution in [-0.4, -0.2) is 30.9 Å². The highest BCUT2D eigenvalue weighted by Gasteiger charge is 2.35. The number of aliphatic hydroxyl groups is 1.